The molecule has 5 heteroatoms. The highest BCUT2D eigenvalue weighted by Gasteiger charge is 2.25. The molecule has 0 aliphatic carbocycles. The van der Waals surface area contributed by atoms with Gasteiger partial charge in [-0.15, -0.1) is 11.3 Å². The molecular formula is C14H16N2O2S. The summed E-state index contributed by atoms with van der Waals surface area (Å²) in [7, 11) is 0. The molecule has 0 fully saturated rings. The van der Waals surface area contributed by atoms with Crippen molar-refractivity contribution in [2.45, 2.75) is 19.6 Å². The Hall–Kier alpha value is -1.59. The molecule has 1 aliphatic heterocycles. The number of aliphatic hydroxyl groups is 1. The van der Waals surface area contributed by atoms with Crippen LogP contribution in [0.4, 0.5) is 5.69 Å². The number of benzene rings is 1. The van der Waals surface area contributed by atoms with Gasteiger partial charge in [0.25, 0.3) is 0 Å². The molecule has 2 aromatic rings. The van der Waals surface area contributed by atoms with Crippen LogP contribution in [-0.4, -0.2) is 29.3 Å². The van der Waals surface area contributed by atoms with Gasteiger partial charge in [0.05, 0.1) is 25.4 Å². The molecule has 0 unspecified atom stereocenters. The third-order valence-corrected chi connectivity index (χ3v) is 4.07. The summed E-state index contributed by atoms with van der Waals surface area (Å²) in [6.07, 6.45) is -0.170. The van der Waals surface area contributed by atoms with Crippen molar-refractivity contribution >= 4 is 17.0 Å². The summed E-state index contributed by atoms with van der Waals surface area (Å²) >= 11 is 1.67. The van der Waals surface area contributed by atoms with E-state index >= 15 is 0 Å². The molecule has 2 heterocycles. The van der Waals surface area contributed by atoms with E-state index in [0.717, 1.165) is 28.7 Å². The van der Waals surface area contributed by atoms with E-state index in [0.29, 0.717) is 6.54 Å². The number of rotatable bonds is 3. The SMILES string of the molecule is Cc1csc(CN2C[C@H](CO)Oc3ccccc32)n1. The fraction of sp³-hybridized carbons (Fsp3) is 0.357. The molecule has 0 amide bonds. The van der Waals surface area contributed by atoms with Crippen molar-refractivity contribution in [3.05, 3.63) is 40.3 Å². The third kappa shape index (κ3) is 2.57. The van der Waals surface area contributed by atoms with Crippen LogP contribution < -0.4 is 9.64 Å². The number of aromatic nitrogens is 1. The Morgan fingerprint density at radius 2 is 2.32 bits per heavy atom. The number of aryl methyl sites for hydroxylation is 1. The Morgan fingerprint density at radius 1 is 1.47 bits per heavy atom. The molecule has 0 saturated carbocycles. The van der Waals surface area contributed by atoms with Crippen LogP contribution in [0.1, 0.15) is 10.7 Å². The molecule has 1 aromatic carbocycles. The normalized spacial score (nSPS) is 18.0. The van der Waals surface area contributed by atoms with E-state index < -0.39 is 0 Å². The first kappa shape index (κ1) is 12.4. The Balaban J connectivity index is 1.87. The number of ether oxygens (including phenoxy) is 1. The van der Waals surface area contributed by atoms with Crippen LogP contribution in [0.15, 0.2) is 29.6 Å². The summed E-state index contributed by atoms with van der Waals surface area (Å²) in [5, 5.41) is 12.5. The van der Waals surface area contributed by atoms with Crippen LogP contribution in [0.25, 0.3) is 0 Å². The molecule has 100 valence electrons. The summed E-state index contributed by atoms with van der Waals surface area (Å²) in [4.78, 5) is 6.72. The van der Waals surface area contributed by atoms with Gasteiger partial charge in [0.2, 0.25) is 0 Å². The van der Waals surface area contributed by atoms with Crippen LogP contribution in [0, 0.1) is 6.92 Å². The van der Waals surface area contributed by atoms with E-state index in [-0.39, 0.29) is 12.7 Å². The molecule has 0 bridgehead atoms. The highest BCUT2D eigenvalue weighted by molar-refractivity contribution is 7.09. The van der Waals surface area contributed by atoms with Crippen molar-refractivity contribution < 1.29 is 9.84 Å². The van der Waals surface area contributed by atoms with E-state index in [1.165, 1.54) is 0 Å². The standard InChI is InChI=1S/C14H16N2O2S/c1-10-9-19-14(15-10)7-16-6-11(8-17)18-13-5-3-2-4-12(13)16/h2-5,9,11,17H,6-8H2,1H3/t11-/m1/s1. The van der Waals surface area contributed by atoms with Crippen LogP contribution in [0.3, 0.4) is 0 Å². The Kier molecular flexibility index (Phi) is 3.40. The minimum Gasteiger partial charge on any atom is -0.484 e. The molecule has 0 radical (unpaired) electrons. The van der Waals surface area contributed by atoms with Gasteiger partial charge < -0.3 is 14.7 Å². The van der Waals surface area contributed by atoms with E-state index in [4.69, 9.17) is 4.74 Å². The second kappa shape index (κ2) is 5.19. The topological polar surface area (TPSA) is 45.6 Å². The number of nitrogens with zero attached hydrogens (tertiary/aromatic N) is 2. The monoisotopic (exact) mass is 276 g/mol. The summed E-state index contributed by atoms with van der Waals surface area (Å²) in [6.45, 7) is 3.48. The number of hydrogen-bond acceptors (Lipinski definition) is 5. The lowest BCUT2D eigenvalue weighted by Gasteiger charge is -2.35. The van der Waals surface area contributed by atoms with Gasteiger partial charge in [-0.2, -0.15) is 0 Å². The fourth-order valence-electron chi connectivity index (χ4n) is 2.26. The second-order valence-electron chi connectivity index (χ2n) is 4.65. The number of para-hydroxylation sites is 2. The lowest BCUT2D eigenvalue weighted by atomic mass is 10.2. The first-order chi connectivity index (χ1) is 9.26. The first-order valence-corrected chi connectivity index (χ1v) is 7.16. The fourth-order valence-corrected chi connectivity index (χ4v) is 3.05. The molecule has 1 aromatic heterocycles. The molecule has 1 N–H and O–H groups in total. The maximum atomic E-state index is 9.34. The average molecular weight is 276 g/mol. The van der Waals surface area contributed by atoms with Gasteiger partial charge in [-0.25, -0.2) is 4.98 Å². The minimum absolute atomic E-state index is 0.0295. The third-order valence-electron chi connectivity index (χ3n) is 3.12. The summed E-state index contributed by atoms with van der Waals surface area (Å²) in [5.41, 5.74) is 2.13. The van der Waals surface area contributed by atoms with E-state index in [9.17, 15) is 5.11 Å². The van der Waals surface area contributed by atoms with Crippen molar-refractivity contribution in [2.24, 2.45) is 0 Å². The molecule has 0 saturated heterocycles. The van der Waals surface area contributed by atoms with Gasteiger partial charge in [0, 0.05) is 11.1 Å². The minimum atomic E-state index is -0.170. The molecule has 19 heavy (non-hydrogen) atoms. The quantitative estimate of drug-likeness (QED) is 0.933. The number of thiazole rings is 1. The van der Waals surface area contributed by atoms with Crippen molar-refractivity contribution in [3.63, 3.8) is 0 Å². The second-order valence-corrected chi connectivity index (χ2v) is 5.60. The maximum Gasteiger partial charge on any atom is 0.143 e. The molecule has 3 rings (SSSR count). The molecule has 1 aliphatic rings. The Labute approximate surface area is 116 Å². The highest BCUT2D eigenvalue weighted by Crippen LogP contribution is 2.34. The van der Waals surface area contributed by atoms with Gasteiger partial charge in [-0.05, 0) is 19.1 Å². The molecule has 0 spiro atoms. The van der Waals surface area contributed by atoms with Gasteiger partial charge >= 0.3 is 0 Å². The molecule has 1 atom stereocenters. The van der Waals surface area contributed by atoms with Crippen molar-refractivity contribution in [1.29, 1.82) is 0 Å². The van der Waals surface area contributed by atoms with Crippen LogP contribution in [-0.2, 0) is 6.54 Å². The van der Waals surface area contributed by atoms with Crippen molar-refractivity contribution in [3.8, 4) is 5.75 Å². The number of hydrogen-bond donors (Lipinski definition) is 1. The summed E-state index contributed by atoms with van der Waals surface area (Å²) in [6, 6.07) is 7.94. The zero-order valence-electron chi connectivity index (χ0n) is 10.7. The van der Waals surface area contributed by atoms with Crippen molar-refractivity contribution in [1.82, 2.24) is 4.98 Å². The summed E-state index contributed by atoms with van der Waals surface area (Å²) in [5.74, 6) is 0.834. The lowest BCUT2D eigenvalue weighted by molar-refractivity contribution is 0.112. The van der Waals surface area contributed by atoms with Crippen molar-refractivity contribution in [2.75, 3.05) is 18.1 Å². The highest BCUT2D eigenvalue weighted by atomic mass is 32.1. The Morgan fingerprint density at radius 3 is 3.05 bits per heavy atom. The van der Waals surface area contributed by atoms with Gasteiger partial charge in [0.15, 0.2) is 0 Å². The average Bonchev–Trinajstić information content (AvgIpc) is 2.84. The summed E-state index contributed by atoms with van der Waals surface area (Å²) < 4.78 is 5.75. The van der Waals surface area contributed by atoms with Gasteiger partial charge in [-0.1, -0.05) is 12.1 Å². The zero-order valence-corrected chi connectivity index (χ0v) is 11.6. The van der Waals surface area contributed by atoms with E-state index in [1.807, 2.05) is 31.2 Å². The zero-order chi connectivity index (χ0) is 13.2. The Bertz CT molecular complexity index is 570. The largest absolute Gasteiger partial charge is 0.484 e. The predicted molar refractivity (Wildman–Crippen MR) is 75.8 cm³/mol. The number of anilines is 1. The van der Waals surface area contributed by atoms with Crippen LogP contribution in [0.5, 0.6) is 5.75 Å². The predicted octanol–water partition coefficient (Wildman–Crippen LogP) is 2.21. The smallest absolute Gasteiger partial charge is 0.143 e. The van der Waals surface area contributed by atoms with E-state index in [1.54, 1.807) is 11.3 Å². The number of aliphatic hydroxyl groups excluding tert-OH is 1. The van der Waals surface area contributed by atoms with E-state index in [2.05, 4.69) is 15.3 Å². The van der Waals surface area contributed by atoms with Gasteiger partial charge in [0.1, 0.15) is 16.9 Å². The molecule has 4 nitrogen and oxygen atoms in total. The van der Waals surface area contributed by atoms with Gasteiger partial charge in [-0.3, -0.25) is 0 Å². The maximum absolute atomic E-state index is 9.34. The van der Waals surface area contributed by atoms with Crippen LogP contribution in [0.2, 0.25) is 0 Å². The molecular weight excluding hydrogens is 260 g/mol. The number of fused-ring (bicyclic) bond motifs is 1. The first-order valence-electron chi connectivity index (χ1n) is 6.29. The lowest BCUT2D eigenvalue weighted by Crippen LogP contribution is -2.41. The van der Waals surface area contributed by atoms with Crippen LogP contribution >= 0.6 is 11.3 Å².